The van der Waals surface area contributed by atoms with Crippen molar-refractivity contribution in [3.05, 3.63) is 29.3 Å². The van der Waals surface area contributed by atoms with Crippen LogP contribution in [0.2, 0.25) is 0 Å². The number of carbonyl (C=O) groups excluding carboxylic acids is 2. The molecule has 0 saturated carbocycles. The molecule has 0 bridgehead atoms. The molecule has 0 aromatic heterocycles. The fraction of sp³-hybridized carbons (Fsp3) is 0.429. The zero-order valence-corrected chi connectivity index (χ0v) is 12.0. The number of benzene rings is 1. The van der Waals surface area contributed by atoms with Gasteiger partial charge in [-0.1, -0.05) is 0 Å². The van der Waals surface area contributed by atoms with E-state index in [1.165, 1.54) is 7.05 Å². The second kappa shape index (κ2) is 5.01. The number of nitrogens with one attached hydrogen (secondary N) is 1. The monoisotopic (exact) mass is 292 g/mol. The number of carbonyl (C=O) groups is 2. The van der Waals surface area contributed by atoms with Gasteiger partial charge >= 0.3 is 0 Å². The van der Waals surface area contributed by atoms with Crippen molar-refractivity contribution < 1.29 is 13.8 Å². The molecule has 106 valence electrons. The molecule has 3 rings (SSSR count). The van der Waals surface area contributed by atoms with Gasteiger partial charge in [-0.15, -0.1) is 0 Å². The average Bonchev–Trinajstić information content (AvgIpc) is 2.66. The van der Waals surface area contributed by atoms with Crippen LogP contribution < -0.4 is 5.32 Å². The molecule has 1 aromatic rings. The lowest BCUT2D eigenvalue weighted by atomic mass is 10.1. The molecule has 20 heavy (non-hydrogen) atoms. The highest BCUT2D eigenvalue weighted by Gasteiger charge is 2.32. The minimum atomic E-state index is -0.679. The van der Waals surface area contributed by atoms with Crippen LogP contribution in [0.3, 0.4) is 0 Å². The van der Waals surface area contributed by atoms with Gasteiger partial charge in [0.2, 0.25) is 0 Å². The van der Waals surface area contributed by atoms with Crippen LogP contribution in [0.5, 0.6) is 0 Å². The van der Waals surface area contributed by atoms with Crippen LogP contribution in [0.15, 0.2) is 18.2 Å². The molecular weight excluding hydrogens is 276 g/mol. The van der Waals surface area contributed by atoms with E-state index in [4.69, 9.17) is 0 Å². The molecule has 2 aliphatic heterocycles. The Bertz CT molecular complexity index is 604. The van der Waals surface area contributed by atoms with Crippen LogP contribution in [0.4, 0.5) is 5.69 Å². The Morgan fingerprint density at radius 1 is 1.15 bits per heavy atom. The Labute approximate surface area is 119 Å². The number of rotatable bonds is 2. The molecule has 0 radical (unpaired) electrons. The topological polar surface area (TPSA) is 66.5 Å². The maximum absolute atomic E-state index is 11.9. The third-order valence-electron chi connectivity index (χ3n) is 3.85. The lowest BCUT2D eigenvalue weighted by Gasteiger charge is -2.23. The van der Waals surface area contributed by atoms with Gasteiger partial charge in [0, 0.05) is 41.1 Å². The number of hydrogen-bond acceptors (Lipinski definition) is 4. The number of imide groups is 1. The summed E-state index contributed by atoms with van der Waals surface area (Å²) >= 11 is 0. The summed E-state index contributed by atoms with van der Waals surface area (Å²) in [7, 11) is 0.815. The first kappa shape index (κ1) is 13.3. The van der Waals surface area contributed by atoms with E-state index < -0.39 is 10.8 Å². The van der Waals surface area contributed by atoms with Crippen LogP contribution in [0, 0.1) is 0 Å². The lowest BCUT2D eigenvalue weighted by molar-refractivity contribution is 0.0693. The van der Waals surface area contributed by atoms with Crippen molar-refractivity contribution in [1.29, 1.82) is 0 Å². The molecule has 1 N–H and O–H groups in total. The number of amides is 2. The molecule has 6 heteroatoms. The molecule has 0 atom stereocenters. The van der Waals surface area contributed by atoms with Crippen molar-refractivity contribution in [3.8, 4) is 0 Å². The highest BCUT2D eigenvalue weighted by atomic mass is 32.2. The smallest absolute Gasteiger partial charge is 0.261 e. The normalized spacial score (nSPS) is 25.8. The predicted octanol–water partition coefficient (Wildman–Crippen LogP) is 1.24. The Balaban J connectivity index is 1.78. The van der Waals surface area contributed by atoms with E-state index in [0.29, 0.717) is 11.1 Å². The van der Waals surface area contributed by atoms with E-state index in [-0.39, 0.29) is 17.9 Å². The van der Waals surface area contributed by atoms with Gasteiger partial charge in [-0.3, -0.25) is 18.7 Å². The molecule has 2 amide bonds. The van der Waals surface area contributed by atoms with E-state index >= 15 is 0 Å². The molecule has 1 fully saturated rings. The Hall–Kier alpha value is -1.69. The molecule has 1 aromatic carbocycles. The zero-order chi connectivity index (χ0) is 14.3. The van der Waals surface area contributed by atoms with Crippen molar-refractivity contribution in [2.75, 3.05) is 23.9 Å². The van der Waals surface area contributed by atoms with Gasteiger partial charge in [0.1, 0.15) is 0 Å². The van der Waals surface area contributed by atoms with E-state index in [2.05, 4.69) is 5.32 Å². The van der Waals surface area contributed by atoms with Crippen LogP contribution >= 0.6 is 0 Å². The molecule has 0 unspecified atom stereocenters. The van der Waals surface area contributed by atoms with Gasteiger partial charge in [0.25, 0.3) is 11.8 Å². The van der Waals surface area contributed by atoms with E-state index in [0.717, 1.165) is 34.9 Å². The largest absolute Gasteiger partial charge is 0.382 e. The predicted molar refractivity (Wildman–Crippen MR) is 77.4 cm³/mol. The molecule has 5 nitrogen and oxygen atoms in total. The fourth-order valence-electron chi connectivity index (χ4n) is 2.62. The van der Waals surface area contributed by atoms with E-state index in [9.17, 15) is 13.8 Å². The third-order valence-corrected chi connectivity index (χ3v) is 5.23. The summed E-state index contributed by atoms with van der Waals surface area (Å²) in [6.45, 7) is 0. The van der Waals surface area contributed by atoms with E-state index in [1.807, 2.05) is 6.07 Å². The minimum absolute atomic E-state index is 0.246. The van der Waals surface area contributed by atoms with Gasteiger partial charge in [-0.2, -0.15) is 0 Å². The van der Waals surface area contributed by atoms with Gasteiger partial charge in [-0.05, 0) is 31.0 Å². The SMILES string of the molecule is CN1C(=O)c2ccc(NC3CCS(=O)CC3)cc2C1=O. The molecule has 2 aliphatic rings. The summed E-state index contributed by atoms with van der Waals surface area (Å²) in [5.74, 6) is 0.953. The van der Waals surface area contributed by atoms with Gasteiger partial charge in [0.05, 0.1) is 11.1 Å². The van der Waals surface area contributed by atoms with Crippen LogP contribution in [-0.4, -0.2) is 45.5 Å². The summed E-state index contributed by atoms with van der Waals surface area (Å²) in [5, 5.41) is 3.36. The van der Waals surface area contributed by atoms with Crippen molar-refractivity contribution in [3.63, 3.8) is 0 Å². The second-order valence-electron chi connectivity index (χ2n) is 5.20. The summed E-state index contributed by atoms with van der Waals surface area (Å²) in [6.07, 6.45) is 1.74. The molecular formula is C14H16N2O3S. The number of fused-ring (bicyclic) bond motifs is 1. The molecule has 1 saturated heterocycles. The molecule has 2 heterocycles. The first-order valence-electron chi connectivity index (χ1n) is 6.64. The van der Waals surface area contributed by atoms with Gasteiger partial charge in [-0.25, -0.2) is 0 Å². The Morgan fingerprint density at radius 3 is 2.50 bits per heavy atom. The quantitative estimate of drug-likeness (QED) is 0.833. The lowest BCUT2D eigenvalue weighted by Crippen LogP contribution is -2.29. The third kappa shape index (κ3) is 2.24. The number of anilines is 1. The van der Waals surface area contributed by atoms with Crippen LogP contribution in [-0.2, 0) is 10.8 Å². The first-order valence-corrected chi connectivity index (χ1v) is 8.13. The van der Waals surface area contributed by atoms with Crippen LogP contribution in [0.25, 0.3) is 0 Å². The van der Waals surface area contributed by atoms with Gasteiger partial charge in [0.15, 0.2) is 0 Å². The maximum atomic E-state index is 11.9. The maximum Gasteiger partial charge on any atom is 0.261 e. The summed E-state index contributed by atoms with van der Waals surface area (Å²) in [4.78, 5) is 24.9. The number of nitrogens with zero attached hydrogens (tertiary/aromatic N) is 1. The van der Waals surface area contributed by atoms with E-state index in [1.54, 1.807) is 12.1 Å². The second-order valence-corrected chi connectivity index (χ2v) is 6.89. The standard InChI is InChI=1S/C14H16N2O3S/c1-16-13(17)11-3-2-10(8-12(11)14(16)18)15-9-4-6-20(19)7-5-9/h2-3,8-9,15H,4-7H2,1H3. The van der Waals surface area contributed by atoms with Crippen molar-refractivity contribution >= 4 is 28.3 Å². The summed E-state index contributed by atoms with van der Waals surface area (Å²) in [5.41, 5.74) is 1.77. The zero-order valence-electron chi connectivity index (χ0n) is 11.2. The van der Waals surface area contributed by atoms with Crippen molar-refractivity contribution in [1.82, 2.24) is 4.90 Å². The average molecular weight is 292 g/mol. The summed E-state index contributed by atoms with van der Waals surface area (Å²) < 4.78 is 11.3. The molecule has 0 aliphatic carbocycles. The molecule has 0 spiro atoms. The Morgan fingerprint density at radius 2 is 1.80 bits per heavy atom. The Kier molecular flexibility index (Phi) is 3.33. The highest BCUT2D eigenvalue weighted by Crippen LogP contribution is 2.26. The van der Waals surface area contributed by atoms with Crippen molar-refractivity contribution in [2.45, 2.75) is 18.9 Å². The summed E-state index contributed by atoms with van der Waals surface area (Å²) in [6, 6.07) is 5.55. The van der Waals surface area contributed by atoms with Gasteiger partial charge < -0.3 is 5.32 Å². The van der Waals surface area contributed by atoms with Crippen LogP contribution in [0.1, 0.15) is 33.6 Å². The first-order chi connectivity index (χ1) is 9.56. The number of hydrogen-bond donors (Lipinski definition) is 1. The minimum Gasteiger partial charge on any atom is -0.382 e. The highest BCUT2D eigenvalue weighted by molar-refractivity contribution is 7.85. The fourth-order valence-corrected chi connectivity index (χ4v) is 3.92. The van der Waals surface area contributed by atoms with Crippen molar-refractivity contribution in [2.24, 2.45) is 0 Å².